The van der Waals surface area contributed by atoms with Gasteiger partial charge in [-0.05, 0) is 63.7 Å². The number of methoxy groups -OCH3 is 1. The molecule has 0 aromatic heterocycles. The molecule has 0 saturated heterocycles. The molecule has 0 heterocycles. The standard InChI is InChI=1S/C28H38O7/c1-15-13-19-25(6,28(23(33)34-8)22(32)16(2)21(31)26(15,28)7)11-9-18-24(4,5)20(35-17(3)30)10-12-27(18,19)14-29/h13-14,18-20,31H,9-12H2,1-8H3/t18-,19-,20+,25+,26+,27+,28-/m1/s1/i3+1,4+1,5+1,6+1,7+1,9+1,10+1,11+1,12+1,13+1,14+1,15+1,16+1,17+1,18+1,19+1,20+1,22+1,24+1,25+1,26+1,28+1. The molecule has 4 rings (SSSR count). The molecule has 0 bridgehead atoms. The minimum absolute atomic E-state index is 0.0949. The quantitative estimate of drug-likeness (QED) is 0.197. The summed E-state index contributed by atoms with van der Waals surface area (Å²) in [5.41, 5.74) is -4.38. The number of allylic oxidation sites excluding steroid dienone is 3. The van der Waals surface area contributed by atoms with Gasteiger partial charge in [0.25, 0.3) is 0 Å². The fourth-order valence-electron chi connectivity index (χ4n) is 9.02. The van der Waals surface area contributed by atoms with Crippen molar-refractivity contribution in [3.05, 3.63) is 23.0 Å². The Morgan fingerprint density at radius 3 is 2.29 bits per heavy atom. The third-order valence-corrected chi connectivity index (χ3v) is 10.8. The summed E-state index contributed by atoms with van der Waals surface area (Å²) in [6, 6.07) is 0. The summed E-state index contributed by atoms with van der Waals surface area (Å²) in [6.07, 6.45) is 4.79. The number of fused-ring (bicyclic) bond motifs is 5. The van der Waals surface area contributed by atoms with Gasteiger partial charge in [0.05, 0.1) is 12.5 Å². The van der Waals surface area contributed by atoms with E-state index in [1.807, 2.05) is 33.8 Å². The van der Waals surface area contributed by atoms with Gasteiger partial charge in [-0.1, -0.05) is 32.4 Å². The molecule has 4 aliphatic carbocycles. The number of hydrogen-bond acceptors (Lipinski definition) is 7. The molecule has 0 aliphatic heterocycles. The Kier molecular flexibility index (Phi) is 5.52. The van der Waals surface area contributed by atoms with Crippen LogP contribution in [0.2, 0.25) is 0 Å². The number of hydrogen-bond donors (Lipinski definition) is 1. The van der Waals surface area contributed by atoms with Crippen LogP contribution in [0.5, 0.6) is 0 Å². The van der Waals surface area contributed by atoms with E-state index in [9.17, 15) is 24.3 Å². The molecule has 0 amide bonds. The molecule has 7 heteroatoms. The SMILES string of the molecule is COC(=O)[13C@@]12[13C](=O)[13C](C)=C(O)[13C@]1([13CH3])[13C](C)=[13CH][13C@H]1[C@]3([13CH]=O)[13CH2][13CH2][13C@H](O[13C]([13CH3])=O)[13C]([13CH3])([13CH3])[13C@H]3[13CH2][13CH2][13C@@]12[13CH3]. The molecule has 0 unspecified atom stereocenters. The Morgan fingerprint density at radius 1 is 1.11 bits per heavy atom. The second-order valence-electron chi connectivity index (χ2n) is 12.2. The van der Waals surface area contributed by atoms with Crippen LogP contribution in [0.25, 0.3) is 0 Å². The summed E-state index contributed by atoms with van der Waals surface area (Å²) >= 11 is 0. The first-order chi connectivity index (χ1) is 16.1. The first-order valence-electron chi connectivity index (χ1n) is 12.5. The molecule has 7 nitrogen and oxygen atoms in total. The molecule has 35 heavy (non-hydrogen) atoms. The van der Waals surface area contributed by atoms with Gasteiger partial charge in [0.15, 0.2) is 11.2 Å². The average molecular weight is 508 g/mol. The molecule has 192 valence electrons. The van der Waals surface area contributed by atoms with Gasteiger partial charge in [0.1, 0.15) is 18.1 Å². The lowest BCUT2D eigenvalue weighted by Crippen LogP contribution is -2.70. The normalized spacial score (nSPS) is 43.9. The largest absolute Gasteiger partial charge is 0.511 e. The average Bonchev–Trinajstić information content (AvgIpc) is 2.95. The van der Waals surface area contributed by atoms with Crippen LogP contribution in [0.3, 0.4) is 0 Å². The summed E-state index contributed by atoms with van der Waals surface area (Å²) in [5.74, 6) is -2.07. The summed E-state index contributed by atoms with van der Waals surface area (Å²) in [5, 5.41) is 11.3. The van der Waals surface area contributed by atoms with E-state index < -0.39 is 44.7 Å². The second-order valence-corrected chi connectivity index (χ2v) is 12.2. The maximum atomic E-state index is 14.0. The van der Waals surface area contributed by atoms with Crippen LogP contribution in [0.15, 0.2) is 23.0 Å². The van der Waals surface area contributed by atoms with E-state index in [1.165, 1.54) is 14.0 Å². The lowest BCUT2D eigenvalue weighted by molar-refractivity contribution is -0.217. The van der Waals surface area contributed by atoms with Crippen LogP contribution in [0.4, 0.5) is 0 Å². The number of carbonyl (C=O) groups excluding carboxylic acids is 4. The van der Waals surface area contributed by atoms with E-state index in [0.717, 1.165) is 6.29 Å². The van der Waals surface area contributed by atoms with Crippen molar-refractivity contribution in [3.8, 4) is 0 Å². The van der Waals surface area contributed by atoms with E-state index >= 15 is 0 Å². The first-order valence-corrected chi connectivity index (χ1v) is 12.5. The van der Waals surface area contributed by atoms with Crippen molar-refractivity contribution >= 4 is 24.0 Å². The molecular weight excluding hydrogens is 470 g/mol. The lowest BCUT2D eigenvalue weighted by Gasteiger charge is -2.68. The van der Waals surface area contributed by atoms with Crippen molar-refractivity contribution in [2.24, 2.45) is 38.9 Å². The minimum Gasteiger partial charge on any atom is -0.511 e. The van der Waals surface area contributed by atoms with Gasteiger partial charge in [0, 0.05) is 23.3 Å². The van der Waals surface area contributed by atoms with Gasteiger partial charge in [0.2, 0.25) is 0 Å². The Labute approximate surface area is 207 Å². The molecule has 4 aliphatic rings. The minimum atomic E-state index is -1.68. The number of ketones is 1. The van der Waals surface area contributed by atoms with Gasteiger partial charge in [-0.25, -0.2) is 0 Å². The highest BCUT2D eigenvalue weighted by Gasteiger charge is 2.80. The van der Waals surface area contributed by atoms with Crippen LogP contribution in [-0.2, 0) is 28.7 Å². The van der Waals surface area contributed by atoms with Gasteiger partial charge >= 0.3 is 11.9 Å². The molecule has 7 atom stereocenters. The van der Waals surface area contributed by atoms with Crippen molar-refractivity contribution in [2.75, 3.05) is 7.11 Å². The van der Waals surface area contributed by atoms with Crippen molar-refractivity contribution in [1.82, 2.24) is 0 Å². The number of ether oxygens (including phenoxy) is 2. The zero-order chi connectivity index (χ0) is 26.4. The smallest absolute Gasteiger partial charge is 0.321 e. The van der Waals surface area contributed by atoms with Gasteiger partial charge in [-0.15, -0.1) is 0 Å². The van der Waals surface area contributed by atoms with Crippen molar-refractivity contribution in [2.45, 2.75) is 80.3 Å². The number of Topliss-reactive ketones (excluding diaryl/α,β-unsaturated/α-hetero) is 1. The maximum absolute atomic E-state index is 14.0. The van der Waals surface area contributed by atoms with Crippen molar-refractivity contribution in [3.63, 3.8) is 0 Å². The third-order valence-electron chi connectivity index (χ3n) is 10.8. The molecular formula is C28H38O7. The van der Waals surface area contributed by atoms with Crippen LogP contribution in [0, 0.1) is 38.9 Å². The predicted octanol–water partition coefficient (Wildman–Crippen LogP) is 4.50. The van der Waals surface area contributed by atoms with E-state index in [-0.39, 0.29) is 29.3 Å². The number of esters is 2. The maximum Gasteiger partial charge on any atom is 0.321 e. The van der Waals surface area contributed by atoms with Gasteiger partial charge in [-0.3, -0.25) is 14.4 Å². The van der Waals surface area contributed by atoms with Crippen molar-refractivity contribution < 1.29 is 33.8 Å². The first kappa shape index (κ1) is 25.6. The number of aliphatic hydroxyl groups is 1. The summed E-state index contributed by atoms with van der Waals surface area (Å²) in [4.78, 5) is 52.8. The number of rotatable bonds is 3. The Balaban J connectivity index is 1.99. The second kappa shape index (κ2) is 7.53. The van der Waals surface area contributed by atoms with Crippen LogP contribution in [-0.4, -0.2) is 42.3 Å². The predicted molar refractivity (Wildman–Crippen MR) is 128 cm³/mol. The topological polar surface area (TPSA) is 107 Å². The summed E-state index contributed by atoms with van der Waals surface area (Å²) in [6.45, 7) is 12.6. The highest BCUT2D eigenvalue weighted by atomic mass is 16.7. The molecule has 0 radical (unpaired) electrons. The number of carbonyl (C=O) groups is 4. The zero-order valence-electron chi connectivity index (χ0n) is 22.1. The third kappa shape index (κ3) is 2.62. The van der Waals surface area contributed by atoms with Crippen LogP contribution < -0.4 is 0 Å². The monoisotopic (exact) mass is 508 g/mol. The highest BCUT2D eigenvalue weighted by molar-refractivity contribution is 6.17. The van der Waals surface area contributed by atoms with Crippen LogP contribution in [0.1, 0.15) is 74.1 Å². The molecule has 2 saturated carbocycles. The van der Waals surface area contributed by atoms with Crippen LogP contribution >= 0.6 is 0 Å². The molecule has 1 N–H and O–H groups in total. The number of aldehydes is 1. The molecule has 0 aromatic rings. The molecule has 0 spiro atoms. The lowest BCUT2D eigenvalue weighted by atomic mass is 10.1. The van der Waals surface area contributed by atoms with Crippen molar-refractivity contribution in [1.29, 1.82) is 0 Å². The number of aliphatic hydroxyl groups excluding tert-OH is 1. The van der Waals surface area contributed by atoms with E-state index in [1.54, 1.807) is 13.8 Å². The Hall–Kier alpha value is -2.44. The fourth-order valence-corrected chi connectivity index (χ4v) is 9.02. The Bertz CT molecular complexity index is 1080. The Morgan fingerprint density at radius 2 is 1.74 bits per heavy atom. The highest BCUT2D eigenvalue weighted by Crippen LogP contribution is 2.76. The fraction of sp³-hybridized carbons (Fsp3) is 0.714. The molecule has 2 fully saturated rings. The summed E-state index contributed by atoms with van der Waals surface area (Å²) < 4.78 is 11.0. The molecule has 0 aromatic carbocycles. The zero-order valence-corrected chi connectivity index (χ0v) is 22.1. The van der Waals surface area contributed by atoms with E-state index in [4.69, 9.17) is 9.47 Å². The van der Waals surface area contributed by atoms with E-state index in [0.29, 0.717) is 31.3 Å². The van der Waals surface area contributed by atoms with Gasteiger partial charge < -0.3 is 19.4 Å². The van der Waals surface area contributed by atoms with Gasteiger partial charge in [-0.2, -0.15) is 0 Å². The summed E-state index contributed by atoms with van der Waals surface area (Å²) in [7, 11) is 1.27. The van der Waals surface area contributed by atoms with E-state index in [2.05, 4.69) is 0 Å².